The molecule has 0 fully saturated rings. The fourth-order valence-electron chi connectivity index (χ4n) is 3.26. The van der Waals surface area contributed by atoms with Gasteiger partial charge in [0.05, 0.1) is 24.6 Å². The SMILES string of the molecule is CCN(c1cccc(C)c1)c1cncc(C(=O)NCCc2cccc(OC)c2)c1. The number of carbonyl (C=O) groups is 1. The summed E-state index contributed by atoms with van der Waals surface area (Å²) in [7, 11) is 1.65. The summed E-state index contributed by atoms with van der Waals surface area (Å²) in [6.45, 7) is 5.49. The van der Waals surface area contributed by atoms with Crippen molar-refractivity contribution in [1.82, 2.24) is 10.3 Å². The smallest absolute Gasteiger partial charge is 0.252 e. The molecule has 0 spiro atoms. The number of ether oxygens (including phenoxy) is 1. The molecule has 0 unspecified atom stereocenters. The van der Waals surface area contributed by atoms with Gasteiger partial charge >= 0.3 is 0 Å². The predicted molar refractivity (Wildman–Crippen MR) is 117 cm³/mol. The van der Waals surface area contributed by atoms with Crippen molar-refractivity contribution in [2.45, 2.75) is 20.3 Å². The molecule has 0 atom stereocenters. The maximum Gasteiger partial charge on any atom is 0.252 e. The van der Waals surface area contributed by atoms with Crippen LogP contribution in [0.25, 0.3) is 0 Å². The van der Waals surface area contributed by atoms with E-state index >= 15 is 0 Å². The highest BCUT2D eigenvalue weighted by atomic mass is 16.5. The maximum absolute atomic E-state index is 12.6. The summed E-state index contributed by atoms with van der Waals surface area (Å²) in [6, 6.07) is 18.1. The molecule has 0 saturated carbocycles. The summed E-state index contributed by atoms with van der Waals surface area (Å²) in [5.41, 5.74) is 4.86. The monoisotopic (exact) mass is 389 g/mol. The molecule has 0 radical (unpaired) electrons. The van der Waals surface area contributed by atoms with Crippen molar-refractivity contribution >= 4 is 17.3 Å². The zero-order valence-electron chi connectivity index (χ0n) is 17.2. The summed E-state index contributed by atoms with van der Waals surface area (Å²) in [5, 5.41) is 2.98. The summed E-state index contributed by atoms with van der Waals surface area (Å²) >= 11 is 0. The van der Waals surface area contributed by atoms with Gasteiger partial charge in [-0.3, -0.25) is 9.78 Å². The molecule has 0 saturated heterocycles. The first kappa shape index (κ1) is 20.4. The van der Waals surface area contributed by atoms with E-state index in [1.807, 2.05) is 36.4 Å². The number of carbonyl (C=O) groups excluding carboxylic acids is 1. The lowest BCUT2D eigenvalue weighted by Gasteiger charge is -2.23. The number of nitrogens with one attached hydrogen (secondary N) is 1. The molecular formula is C24H27N3O2. The van der Waals surface area contributed by atoms with Crippen LogP contribution in [0.5, 0.6) is 5.75 Å². The Hall–Kier alpha value is -3.34. The Labute approximate surface area is 172 Å². The number of hydrogen-bond acceptors (Lipinski definition) is 4. The number of aryl methyl sites for hydroxylation is 1. The van der Waals surface area contributed by atoms with Crippen LogP contribution in [0.3, 0.4) is 0 Å². The van der Waals surface area contributed by atoms with Crippen LogP contribution in [0.4, 0.5) is 11.4 Å². The van der Waals surface area contributed by atoms with Gasteiger partial charge in [0.2, 0.25) is 0 Å². The van der Waals surface area contributed by atoms with Crippen molar-refractivity contribution in [1.29, 1.82) is 0 Å². The van der Waals surface area contributed by atoms with E-state index in [-0.39, 0.29) is 5.91 Å². The van der Waals surface area contributed by atoms with Crippen molar-refractivity contribution in [3.63, 3.8) is 0 Å². The average molecular weight is 389 g/mol. The molecule has 1 N–H and O–H groups in total. The van der Waals surface area contributed by atoms with Gasteiger partial charge in [-0.2, -0.15) is 0 Å². The molecule has 5 nitrogen and oxygen atoms in total. The van der Waals surface area contributed by atoms with E-state index in [9.17, 15) is 4.79 Å². The largest absolute Gasteiger partial charge is 0.497 e. The standard InChI is InChI=1S/C24H27N3O2/c1-4-27(21-9-5-7-18(2)13-21)22-15-20(16-25-17-22)24(28)26-12-11-19-8-6-10-23(14-19)29-3/h5-10,13-17H,4,11-12H2,1-3H3,(H,26,28). The lowest BCUT2D eigenvalue weighted by atomic mass is 10.1. The van der Waals surface area contributed by atoms with E-state index in [0.29, 0.717) is 12.1 Å². The Morgan fingerprint density at radius 3 is 2.66 bits per heavy atom. The normalized spacial score (nSPS) is 10.4. The number of benzene rings is 2. The first-order chi connectivity index (χ1) is 14.1. The van der Waals surface area contributed by atoms with Gasteiger partial charge in [-0.15, -0.1) is 0 Å². The fourth-order valence-corrected chi connectivity index (χ4v) is 3.26. The zero-order valence-corrected chi connectivity index (χ0v) is 17.2. The first-order valence-corrected chi connectivity index (χ1v) is 9.81. The first-order valence-electron chi connectivity index (χ1n) is 9.81. The van der Waals surface area contributed by atoms with Crippen LogP contribution >= 0.6 is 0 Å². The molecule has 0 aliphatic rings. The molecule has 2 aromatic carbocycles. The number of methoxy groups -OCH3 is 1. The zero-order chi connectivity index (χ0) is 20.6. The third kappa shape index (κ3) is 5.35. The quantitative estimate of drug-likeness (QED) is 0.615. The molecular weight excluding hydrogens is 362 g/mol. The summed E-state index contributed by atoms with van der Waals surface area (Å²) in [4.78, 5) is 19.1. The summed E-state index contributed by atoms with van der Waals surface area (Å²) in [5.74, 6) is 0.698. The third-order valence-corrected chi connectivity index (χ3v) is 4.76. The van der Waals surface area contributed by atoms with Crippen LogP contribution in [0.1, 0.15) is 28.4 Å². The van der Waals surface area contributed by atoms with Gasteiger partial charge in [0.1, 0.15) is 5.75 Å². The highest BCUT2D eigenvalue weighted by Gasteiger charge is 2.12. The van der Waals surface area contributed by atoms with Crippen molar-refractivity contribution < 1.29 is 9.53 Å². The van der Waals surface area contributed by atoms with E-state index in [4.69, 9.17) is 4.74 Å². The Morgan fingerprint density at radius 1 is 1.07 bits per heavy atom. The Kier molecular flexibility index (Phi) is 6.85. The lowest BCUT2D eigenvalue weighted by molar-refractivity contribution is 0.0954. The molecule has 0 bridgehead atoms. The van der Waals surface area contributed by atoms with Crippen molar-refractivity contribution in [3.05, 3.63) is 83.7 Å². The second-order valence-corrected chi connectivity index (χ2v) is 6.87. The fraction of sp³-hybridized carbons (Fsp3) is 0.250. The van der Waals surface area contributed by atoms with Crippen LogP contribution in [0, 0.1) is 6.92 Å². The van der Waals surface area contributed by atoms with Crippen LogP contribution in [-0.4, -0.2) is 31.1 Å². The highest BCUT2D eigenvalue weighted by Crippen LogP contribution is 2.25. The number of pyridine rings is 1. The van der Waals surface area contributed by atoms with Gasteiger partial charge in [-0.05, 0) is 61.7 Å². The Bertz CT molecular complexity index is 972. The maximum atomic E-state index is 12.6. The van der Waals surface area contributed by atoms with Crippen LogP contribution in [0.2, 0.25) is 0 Å². The van der Waals surface area contributed by atoms with Crippen LogP contribution < -0.4 is 15.0 Å². The van der Waals surface area contributed by atoms with Gasteiger partial charge in [-0.1, -0.05) is 24.3 Å². The summed E-state index contributed by atoms with van der Waals surface area (Å²) in [6.07, 6.45) is 4.13. The minimum atomic E-state index is -0.123. The van der Waals surface area contributed by atoms with Gasteiger partial charge in [0.25, 0.3) is 5.91 Å². The lowest BCUT2D eigenvalue weighted by Crippen LogP contribution is -2.26. The third-order valence-electron chi connectivity index (χ3n) is 4.76. The Morgan fingerprint density at radius 2 is 1.90 bits per heavy atom. The predicted octanol–water partition coefficient (Wildman–Crippen LogP) is 4.53. The number of amides is 1. The van der Waals surface area contributed by atoms with Crippen molar-refractivity contribution in [2.75, 3.05) is 25.1 Å². The molecule has 1 amide bonds. The number of hydrogen-bond donors (Lipinski definition) is 1. The molecule has 1 aromatic heterocycles. The number of anilines is 2. The molecule has 5 heteroatoms. The second kappa shape index (κ2) is 9.73. The summed E-state index contributed by atoms with van der Waals surface area (Å²) < 4.78 is 5.24. The topological polar surface area (TPSA) is 54.5 Å². The average Bonchev–Trinajstić information content (AvgIpc) is 2.75. The van der Waals surface area contributed by atoms with E-state index in [2.05, 4.69) is 47.2 Å². The molecule has 0 aliphatic heterocycles. The van der Waals surface area contributed by atoms with Gasteiger partial charge in [-0.25, -0.2) is 0 Å². The van der Waals surface area contributed by atoms with Crippen LogP contribution in [-0.2, 0) is 6.42 Å². The molecule has 0 aliphatic carbocycles. The molecule has 3 aromatic rings. The number of rotatable bonds is 8. The second-order valence-electron chi connectivity index (χ2n) is 6.87. The molecule has 1 heterocycles. The van der Waals surface area contributed by atoms with E-state index in [1.165, 1.54) is 5.56 Å². The van der Waals surface area contributed by atoms with E-state index in [1.54, 1.807) is 19.5 Å². The molecule has 29 heavy (non-hydrogen) atoms. The Balaban J connectivity index is 1.67. The number of aromatic nitrogens is 1. The van der Waals surface area contributed by atoms with E-state index in [0.717, 1.165) is 35.7 Å². The van der Waals surface area contributed by atoms with Crippen molar-refractivity contribution in [3.8, 4) is 5.75 Å². The van der Waals surface area contributed by atoms with E-state index < -0.39 is 0 Å². The van der Waals surface area contributed by atoms with Gasteiger partial charge < -0.3 is 15.0 Å². The molecule has 150 valence electrons. The van der Waals surface area contributed by atoms with Crippen LogP contribution in [0.15, 0.2) is 67.0 Å². The van der Waals surface area contributed by atoms with Gasteiger partial charge in [0.15, 0.2) is 0 Å². The minimum absolute atomic E-state index is 0.123. The highest BCUT2D eigenvalue weighted by molar-refractivity contribution is 5.95. The van der Waals surface area contributed by atoms with Crippen molar-refractivity contribution in [2.24, 2.45) is 0 Å². The molecule has 3 rings (SSSR count). The van der Waals surface area contributed by atoms with Gasteiger partial charge in [0, 0.05) is 25.0 Å². The minimum Gasteiger partial charge on any atom is -0.497 e. The number of nitrogens with zero attached hydrogens (tertiary/aromatic N) is 2.